The molecule has 8 heteroatoms. The summed E-state index contributed by atoms with van der Waals surface area (Å²) in [6.45, 7) is 3.70. The summed E-state index contributed by atoms with van der Waals surface area (Å²) in [6, 6.07) is 0. The summed E-state index contributed by atoms with van der Waals surface area (Å²) in [5, 5.41) is 8.06. The van der Waals surface area contributed by atoms with Crippen LogP contribution in [0, 0.1) is 13.8 Å². The molecule has 18 heavy (non-hydrogen) atoms. The zero-order valence-electron chi connectivity index (χ0n) is 9.56. The number of hydrogen-bond donors (Lipinski definition) is 1. The Morgan fingerprint density at radius 1 is 1.33 bits per heavy atom. The molecule has 0 aliphatic heterocycles. The van der Waals surface area contributed by atoms with Gasteiger partial charge in [0.05, 0.1) is 0 Å². The first-order chi connectivity index (χ1) is 8.65. The van der Waals surface area contributed by atoms with Crippen molar-refractivity contribution < 1.29 is 4.52 Å². The van der Waals surface area contributed by atoms with Gasteiger partial charge >= 0.3 is 0 Å². The van der Waals surface area contributed by atoms with Gasteiger partial charge in [-0.05, 0) is 13.8 Å². The summed E-state index contributed by atoms with van der Waals surface area (Å²) in [6.07, 6.45) is 1.42. The van der Waals surface area contributed by atoms with Crippen molar-refractivity contribution >= 4 is 44.1 Å². The van der Waals surface area contributed by atoms with E-state index in [9.17, 15) is 0 Å². The predicted molar refractivity (Wildman–Crippen MR) is 69.5 cm³/mol. The van der Waals surface area contributed by atoms with Gasteiger partial charge in [0.15, 0.2) is 16.0 Å². The smallest absolute Gasteiger partial charge is 0.190 e. The minimum Gasteiger partial charge on any atom is -0.359 e. The highest BCUT2D eigenvalue weighted by atomic mass is 35.5. The van der Waals surface area contributed by atoms with E-state index >= 15 is 0 Å². The number of rotatable bonds is 2. The van der Waals surface area contributed by atoms with Crippen LogP contribution in [0.25, 0.3) is 10.3 Å². The third kappa shape index (κ3) is 1.81. The summed E-state index contributed by atoms with van der Waals surface area (Å²) >= 11 is 7.35. The number of anilines is 2. The number of nitrogens with zero attached hydrogens (tertiary/aromatic N) is 4. The number of aryl methyl sites for hydroxylation is 2. The number of aromatic nitrogens is 4. The lowest BCUT2D eigenvalue weighted by Crippen LogP contribution is -1.91. The van der Waals surface area contributed by atoms with Gasteiger partial charge in [0.25, 0.3) is 0 Å². The Bertz CT molecular complexity index is 703. The largest absolute Gasteiger partial charge is 0.359 e. The standard InChI is InChI=1S/C10H8ClN5OS/c1-4-6(5(2)17-16-4)14-10-15-7-8(11)12-3-13-9(7)18-10/h3H,1-2H3,(H,14,15). The molecule has 0 unspecified atom stereocenters. The van der Waals surface area contributed by atoms with Crippen LogP contribution in [-0.4, -0.2) is 20.1 Å². The maximum absolute atomic E-state index is 5.95. The van der Waals surface area contributed by atoms with E-state index in [-0.39, 0.29) is 0 Å². The molecule has 6 nitrogen and oxygen atoms in total. The van der Waals surface area contributed by atoms with Gasteiger partial charge in [-0.2, -0.15) is 0 Å². The second kappa shape index (κ2) is 4.18. The van der Waals surface area contributed by atoms with Crippen molar-refractivity contribution in [1.82, 2.24) is 20.1 Å². The zero-order valence-corrected chi connectivity index (χ0v) is 11.1. The molecule has 0 radical (unpaired) electrons. The van der Waals surface area contributed by atoms with Crippen LogP contribution in [-0.2, 0) is 0 Å². The lowest BCUT2D eigenvalue weighted by molar-refractivity contribution is 0.393. The average molecular weight is 282 g/mol. The van der Waals surface area contributed by atoms with E-state index in [1.54, 1.807) is 0 Å². The van der Waals surface area contributed by atoms with Crippen LogP contribution < -0.4 is 5.32 Å². The molecular formula is C10H8ClN5OS. The minimum absolute atomic E-state index is 0.350. The highest BCUT2D eigenvalue weighted by Gasteiger charge is 2.13. The molecule has 3 aromatic rings. The monoisotopic (exact) mass is 281 g/mol. The summed E-state index contributed by atoms with van der Waals surface area (Å²) in [4.78, 5) is 13.1. The Morgan fingerprint density at radius 2 is 2.17 bits per heavy atom. The van der Waals surface area contributed by atoms with Gasteiger partial charge in [-0.1, -0.05) is 28.1 Å². The highest BCUT2D eigenvalue weighted by Crippen LogP contribution is 2.31. The fourth-order valence-electron chi connectivity index (χ4n) is 1.55. The topological polar surface area (TPSA) is 76.7 Å². The second-order valence-corrected chi connectivity index (χ2v) is 5.00. The number of hydrogen-bond acceptors (Lipinski definition) is 7. The highest BCUT2D eigenvalue weighted by molar-refractivity contribution is 7.21. The van der Waals surface area contributed by atoms with Crippen molar-refractivity contribution in [2.24, 2.45) is 0 Å². The molecule has 0 fully saturated rings. The van der Waals surface area contributed by atoms with E-state index in [1.165, 1.54) is 17.7 Å². The van der Waals surface area contributed by atoms with Crippen LogP contribution in [0.3, 0.4) is 0 Å². The molecule has 0 bridgehead atoms. The van der Waals surface area contributed by atoms with Gasteiger partial charge < -0.3 is 9.84 Å². The predicted octanol–water partition coefficient (Wildman–Crippen LogP) is 3.09. The maximum Gasteiger partial charge on any atom is 0.190 e. The molecule has 0 saturated carbocycles. The molecule has 3 aromatic heterocycles. The van der Waals surface area contributed by atoms with E-state index < -0.39 is 0 Å². The van der Waals surface area contributed by atoms with Crippen LogP contribution in [0.2, 0.25) is 5.15 Å². The molecular weight excluding hydrogens is 274 g/mol. The molecule has 0 saturated heterocycles. The lowest BCUT2D eigenvalue weighted by atomic mass is 10.3. The van der Waals surface area contributed by atoms with Crippen molar-refractivity contribution in [2.75, 3.05) is 5.32 Å². The van der Waals surface area contributed by atoms with Crippen LogP contribution >= 0.6 is 22.9 Å². The minimum atomic E-state index is 0.350. The first-order valence-corrected chi connectivity index (χ1v) is 6.31. The first kappa shape index (κ1) is 11.4. The summed E-state index contributed by atoms with van der Waals surface area (Å²) < 4.78 is 5.08. The molecule has 0 aliphatic carbocycles. The Labute approximate surface area is 111 Å². The van der Waals surface area contributed by atoms with Gasteiger partial charge in [-0.25, -0.2) is 15.0 Å². The molecule has 0 aliphatic rings. The third-order valence-corrected chi connectivity index (χ3v) is 3.57. The summed E-state index contributed by atoms with van der Waals surface area (Å²) in [5.41, 5.74) is 2.19. The van der Waals surface area contributed by atoms with Crippen molar-refractivity contribution in [2.45, 2.75) is 13.8 Å². The normalized spacial score (nSPS) is 11.1. The summed E-state index contributed by atoms with van der Waals surface area (Å²) in [7, 11) is 0. The fourth-order valence-corrected chi connectivity index (χ4v) is 2.59. The molecule has 0 atom stereocenters. The summed E-state index contributed by atoms with van der Waals surface area (Å²) in [5.74, 6) is 0.712. The van der Waals surface area contributed by atoms with E-state index in [0.29, 0.717) is 21.6 Å². The van der Waals surface area contributed by atoms with Crippen LogP contribution in [0.15, 0.2) is 10.9 Å². The van der Waals surface area contributed by atoms with Gasteiger partial charge in [0, 0.05) is 0 Å². The Kier molecular flexibility index (Phi) is 2.64. The van der Waals surface area contributed by atoms with Crippen molar-refractivity contribution in [1.29, 1.82) is 0 Å². The molecule has 3 heterocycles. The molecule has 3 rings (SSSR count). The lowest BCUT2D eigenvalue weighted by Gasteiger charge is -1.99. The van der Waals surface area contributed by atoms with E-state index in [4.69, 9.17) is 16.1 Å². The second-order valence-electron chi connectivity index (χ2n) is 3.66. The molecule has 92 valence electrons. The van der Waals surface area contributed by atoms with E-state index in [2.05, 4.69) is 25.4 Å². The number of halogens is 1. The molecule has 0 aromatic carbocycles. The first-order valence-electron chi connectivity index (χ1n) is 5.12. The third-order valence-electron chi connectivity index (χ3n) is 2.42. The molecule has 1 N–H and O–H groups in total. The van der Waals surface area contributed by atoms with Gasteiger partial charge in [-0.15, -0.1) is 0 Å². The Hall–Kier alpha value is -1.73. The van der Waals surface area contributed by atoms with Crippen LogP contribution in [0.5, 0.6) is 0 Å². The van der Waals surface area contributed by atoms with Crippen molar-refractivity contribution in [3.63, 3.8) is 0 Å². The van der Waals surface area contributed by atoms with Gasteiger partial charge in [0.2, 0.25) is 0 Å². The zero-order chi connectivity index (χ0) is 12.7. The SMILES string of the molecule is Cc1noc(C)c1Nc1nc2c(Cl)ncnc2s1. The number of fused-ring (bicyclic) bond motifs is 1. The van der Waals surface area contributed by atoms with E-state index in [0.717, 1.165) is 16.2 Å². The van der Waals surface area contributed by atoms with Crippen molar-refractivity contribution in [3.8, 4) is 0 Å². The average Bonchev–Trinajstić information content (AvgIpc) is 2.89. The number of nitrogens with one attached hydrogen (secondary N) is 1. The van der Waals surface area contributed by atoms with Gasteiger partial charge in [-0.3, -0.25) is 0 Å². The van der Waals surface area contributed by atoms with Gasteiger partial charge in [0.1, 0.15) is 28.1 Å². The quantitative estimate of drug-likeness (QED) is 0.727. The van der Waals surface area contributed by atoms with E-state index in [1.807, 2.05) is 13.8 Å². The fraction of sp³-hybridized carbons (Fsp3) is 0.200. The molecule has 0 amide bonds. The number of thiazole rings is 1. The molecule has 0 spiro atoms. The van der Waals surface area contributed by atoms with Crippen LogP contribution in [0.4, 0.5) is 10.8 Å². The maximum atomic E-state index is 5.95. The van der Waals surface area contributed by atoms with Crippen LogP contribution in [0.1, 0.15) is 11.5 Å². The van der Waals surface area contributed by atoms with Crippen molar-refractivity contribution in [3.05, 3.63) is 22.9 Å². The Morgan fingerprint density at radius 3 is 2.83 bits per heavy atom. The Balaban J connectivity index is 2.03.